The highest BCUT2D eigenvalue weighted by atomic mass is 15.1. The Morgan fingerprint density at radius 1 is 0.375 bits per heavy atom. The molecule has 0 saturated carbocycles. The van der Waals surface area contributed by atoms with Crippen LogP contribution in [0.25, 0.3) is 90.4 Å². The van der Waals surface area contributed by atoms with Gasteiger partial charge in [0, 0.05) is 39.2 Å². The predicted octanol–water partition coefficient (Wildman–Crippen LogP) is 14.4. The summed E-state index contributed by atoms with van der Waals surface area (Å²) in [6.07, 6.45) is 0. The molecular formula is C57H51N7. The van der Waals surface area contributed by atoms with Crippen molar-refractivity contribution in [2.75, 3.05) is 0 Å². The molecule has 0 aliphatic rings. The number of rotatable bonds is 9. The van der Waals surface area contributed by atoms with Crippen LogP contribution in [0.3, 0.4) is 0 Å². The summed E-state index contributed by atoms with van der Waals surface area (Å²) in [5.74, 6) is 4.37. The van der Waals surface area contributed by atoms with Gasteiger partial charge in [-0.3, -0.25) is 9.13 Å². The van der Waals surface area contributed by atoms with Gasteiger partial charge in [-0.1, -0.05) is 158 Å². The van der Waals surface area contributed by atoms with Crippen molar-refractivity contribution in [1.29, 1.82) is 0 Å². The number of hydrogen-bond donors (Lipinski definition) is 0. The highest BCUT2D eigenvalue weighted by Gasteiger charge is 2.21. The van der Waals surface area contributed by atoms with E-state index in [4.69, 9.17) is 24.9 Å². The minimum Gasteiger partial charge on any atom is -0.292 e. The molecule has 7 nitrogen and oxygen atoms in total. The maximum absolute atomic E-state index is 5.29. The molecule has 0 N–H and O–H groups in total. The first-order valence-corrected chi connectivity index (χ1v) is 22.2. The molecular weight excluding hydrogens is 783 g/mol. The lowest BCUT2D eigenvalue weighted by molar-refractivity contribution is 0.590. The molecule has 0 atom stereocenters. The third-order valence-electron chi connectivity index (χ3n) is 12.2. The molecule has 0 radical (unpaired) electrons. The summed E-state index contributed by atoms with van der Waals surface area (Å²) in [6.45, 7) is 15.6. The van der Waals surface area contributed by atoms with E-state index in [1.165, 1.54) is 16.7 Å². The van der Waals surface area contributed by atoms with Crippen molar-refractivity contribution >= 4 is 22.1 Å². The van der Waals surface area contributed by atoms with Crippen molar-refractivity contribution in [2.45, 2.75) is 65.7 Å². The minimum atomic E-state index is 0.00964. The highest BCUT2D eigenvalue weighted by molar-refractivity contribution is 5.89. The third-order valence-corrected chi connectivity index (χ3v) is 12.2. The summed E-state index contributed by atoms with van der Waals surface area (Å²) in [6, 6.07) is 59.7. The smallest absolute Gasteiger partial charge is 0.164 e. The largest absolute Gasteiger partial charge is 0.292 e. The van der Waals surface area contributed by atoms with Gasteiger partial charge in [0.2, 0.25) is 0 Å². The zero-order chi connectivity index (χ0) is 44.1. The molecule has 3 heterocycles. The van der Waals surface area contributed by atoms with Crippen LogP contribution in [-0.2, 0) is 5.41 Å². The summed E-state index contributed by atoms with van der Waals surface area (Å²) in [5.41, 5.74) is 14.4. The average molecular weight is 834 g/mol. The van der Waals surface area contributed by atoms with Crippen molar-refractivity contribution in [3.63, 3.8) is 0 Å². The van der Waals surface area contributed by atoms with Crippen molar-refractivity contribution in [1.82, 2.24) is 34.1 Å². The number of benzene rings is 7. The van der Waals surface area contributed by atoms with Gasteiger partial charge in [0.1, 0.15) is 11.6 Å². The molecule has 0 saturated heterocycles. The Hall–Kier alpha value is -7.51. The molecule has 0 aliphatic heterocycles. The molecule has 0 unspecified atom stereocenters. The van der Waals surface area contributed by atoms with Crippen molar-refractivity contribution in [3.8, 4) is 68.3 Å². The summed E-state index contributed by atoms with van der Waals surface area (Å²) < 4.78 is 4.49. The number of nitrogens with zero attached hydrogens (tertiary/aromatic N) is 7. The van der Waals surface area contributed by atoms with Gasteiger partial charge in [-0.15, -0.1) is 0 Å². The summed E-state index contributed by atoms with van der Waals surface area (Å²) in [7, 11) is 0. The fourth-order valence-electron chi connectivity index (χ4n) is 8.42. The van der Waals surface area contributed by atoms with E-state index in [9.17, 15) is 0 Å². The van der Waals surface area contributed by atoms with Crippen molar-refractivity contribution in [3.05, 3.63) is 187 Å². The molecule has 7 heteroatoms. The predicted molar refractivity (Wildman–Crippen MR) is 263 cm³/mol. The Balaban J connectivity index is 1.13. The van der Waals surface area contributed by atoms with Crippen LogP contribution in [0.4, 0.5) is 0 Å². The average Bonchev–Trinajstić information content (AvgIpc) is 3.90. The molecule has 64 heavy (non-hydrogen) atoms. The Kier molecular flexibility index (Phi) is 10.3. The highest BCUT2D eigenvalue weighted by Crippen LogP contribution is 2.35. The lowest BCUT2D eigenvalue weighted by Gasteiger charge is -2.19. The second-order valence-corrected chi connectivity index (χ2v) is 18.3. The van der Waals surface area contributed by atoms with Crippen LogP contribution >= 0.6 is 0 Å². The van der Waals surface area contributed by atoms with Crippen molar-refractivity contribution in [2.24, 2.45) is 0 Å². The zero-order valence-corrected chi connectivity index (χ0v) is 37.5. The molecule has 10 aromatic rings. The molecule has 0 aliphatic carbocycles. The standard InChI is InChI=1S/C57H51N7/c1-36(2)38-20-28-46(29-21-38)63-50-32-24-43(34-48(50)58-55(63)41-14-10-8-11-15-41)53-60-52(40-18-26-45(27-19-40)57(5,6)7)61-54(62-53)44-25-33-51-49(35-44)59-56(42-16-12-9-13-17-42)64(51)47-30-22-39(23-31-47)37(3)4/h8-37H,1-7H3. The van der Waals surface area contributed by atoms with E-state index in [0.717, 1.165) is 72.9 Å². The van der Waals surface area contributed by atoms with E-state index in [1.54, 1.807) is 0 Å². The van der Waals surface area contributed by atoms with Crippen LogP contribution in [0.15, 0.2) is 170 Å². The Morgan fingerprint density at radius 3 is 1.12 bits per heavy atom. The number of hydrogen-bond acceptors (Lipinski definition) is 5. The second kappa shape index (κ2) is 16.3. The zero-order valence-electron chi connectivity index (χ0n) is 37.5. The molecule has 10 rings (SSSR count). The van der Waals surface area contributed by atoms with Crippen LogP contribution in [-0.4, -0.2) is 34.1 Å². The first kappa shape index (κ1) is 40.6. The Bertz CT molecular complexity index is 3070. The molecule has 3 aromatic heterocycles. The number of imidazole rings is 2. The van der Waals surface area contributed by atoms with E-state index in [-0.39, 0.29) is 5.41 Å². The van der Waals surface area contributed by atoms with Gasteiger partial charge in [0.25, 0.3) is 0 Å². The van der Waals surface area contributed by atoms with Gasteiger partial charge in [-0.2, -0.15) is 0 Å². The van der Waals surface area contributed by atoms with Gasteiger partial charge in [-0.05, 0) is 94.6 Å². The van der Waals surface area contributed by atoms with E-state index in [1.807, 2.05) is 12.1 Å². The fourth-order valence-corrected chi connectivity index (χ4v) is 8.42. The minimum absolute atomic E-state index is 0.00964. The maximum Gasteiger partial charge on any atom is 0.164 e. The fraction of sp³-hybridized carbons (Fsp3) is 0.175. The second-order valence-electron chi connectivity index (χ2n) is 18.3. The first-order valence-electron chi connectivity index (χ1n) is 22.2. The normalized spacial score (nSPS) is 12.0. The van der Waals surface area contributed by atoms with E-state index >= 15 is 0 Å². The summed E-state index contributed by atoms with van der Waals surface area (Å²) >= 11 is 0. The van der Waals surface area contributed by atoms with Gasteiger partial charge in [0.05, 0.1) is 22.1 Å². The summed E-state index contributed by atoms with van der Waals surface area (Å²) in [4.78, 5) is 26.1. The van der Waals surface area contributed by atoms with Crippen LogP contribution in [0, 0.1) is 0 Å². The molecule has 0 spiro atoms. The third kappa shape index (κ3) is 7.68. The number of fused-ring (bicyclic) bond motifs is 2. The Labute approximate surface area is 375 Å². The first-order chi connectivity index (χ1) is 31.0. The quantitative estimate of drug-likeness (QED) is 0.145. The van der Waals surface area contributed by atoms with Crippen LogP contribution in [0.2, 0.25) is 0 Å². The lowest BCUT2D eigenvalue weighted by Crippen LogP contribution is -2.10. The lowest BCUT2D eigenvalue weighted by atomic mass is 9.87. The van der Waals surface area contributed by atoms with Gasteiger partial charge in [0.15, 0.2) is 17.5 Å². The van der Waals surface area contributed by atoms with E-state index < -0.39 is 0 Å². The molecule has 0 amide bonds. The maximum atomic E-state index is 5.29. The van der Waals surface area contributed by atoms with E-state index in [2.05, 4.69) is 215 Å². The molecule has 7 aromatic carbocycles. The van der Waals surface area contributed by atoms with Crippen molar-refractivity contribution < 1.29 is 0 Å². The van der Waals surface area contributed by atoms with Crippen LogP contribution in [0.5, 0.6) is 0 Å². The van der Waals surface area contributed by atoms with Crippen LogP contribution in [0.1, 0.15) is 77.0 Å². The summed E-state index contributed by atoms with van der Waals surface area (Å²) in [5, 5.41) is 0. The van der Waals surface area contributed by atoms with Gasteiger partial charge >= 0.3 is 0 Å². The molecule has 0 fully saturated rings. The Morgan fingerprint density at radius 2 is 0.750 bits per heavy atom. The van der Waals surface area contributed by atoms with E-state index in [0.29, 0.717) is 29.3 Å². The van der Waals surface area contributed by atoms with Gasteiger partial charge < -0.3 is 0 Å². The van der Waals surface area contributed by atoms with Crippen LogP contribution < -0.4 is 0 Å². The molecule has 0 bridgehead atoms. The SMILES string of the molecule is CC(C)c1ccc(-n2c(-c3ccccc3)nc3cc(-c4nc(-c5ccc(C(C)(C)C)cc5)nc(-c5ccc6c(c5)nc(-c5ccccc5)n6-c5ccc(C(C)C)cc5)n4)ccc32)cc1. The molecule has 314 valence electrons. The topological polar surface area (TPSA) is 74.3 Å². The van der Waals surface area contributed by atoms with Gasteiger partial charge in [-0.25, -0.2) is 24.9 Å². The number of aromatic nitrogens is 7. The monoisotopic (exact) mass is 833 g/mol.